The lowest BCUT2D eigenvalue weighted by atomic mass is 10.0. The fourth-order valence-electron chi connectivity index (χ4n) is 4.24. The SMILES string of the molecule is CCCC(=O)Nc1ccc2c(c1)OC[C@H](C)N(Cc1cncnc1)C[C@@H](C)[C@@H](OC)CN(C)C2=O. The number of nitrogens with one attached hydrogen (secondary N) is 1. The lowest BCUT2D eigenvalue weighted by Gasteiger charge is -2.36. The van der Waals surface area contributed by atoms with Gasteiger partial charge in [0.2, 0.25) is 5.91 Å². The lowest BCUT2D eigenvalue weighted by Crippen LogP contribution is -2.46. The molecule has 0 unspecified atom stereocenters. The van der Waals surface area contributed by atoms with Gasteiger partial charge in [0, 0.05) is 76.0 Å². The van der Waals surface area contributed by atoms with Crippen LogP contribution in [0.2, 0.25) is 0 Å². The molecule has 0 aliphatic carbocycles. The number of benzene rings is 1. The van der Waals surface area contributed by atoms with Crippen LogP contribution in [0.15, 0.2) is 36.9 Å². The Bertz CT molecular complexity index is 987. The molecule has 2 aromatic rings. The molecule has 3 atom stereocenters. The lowest BCUT2D eigenvalue weighted by molar-refractivity contribution is -0.116. The van der Waals surface area contributed by atoms with Crippen LogP contribution in [0, 0.1) is 5.92 Å². The molecule has 0 fully saturated rings. The minimum absolute atomic E-state index is 0.0357. The zero-order chi connectivity index (χ0) is 25.4. The molecule has 2 heterocycles. The first-order chi connectivity index (χ1) is 16.8. The van der Waals surface area contributed by atoms with Gasteiger partial charge >= 0.3 is 0 Å². The van der Waals surface area contributed by atoms with Crippen LogP contribution in [0.4, 0.5) is 5.69 Å². The number of anilines is 1. The molecule has 1 aromatic heterocycles. The van der Waals surface area contributed by atoms with Gasteiger partial charge in [0.05, 0.1) is 11.7 Å². The third kappa shape index (κ3) is 7.22. The molecule has 0 saturated carbocycles. The van der Waals surface area contributed by atoms with Gasteiger partial charge in [-0.25, -0.2) is 9.97 Å². The molecule has 0 saturated heterocycles. The van der Waals surface area contributed by atoms with Crippen molar-refractivity contribution in [3.8, 4) is 5.75 Å². The Labute approximate surface area is 207 Å². The monoisotopic (exact) mass is 483 g/mol. The molecule has 35 heavy (non-hydrogen) atoms. The summed E-state index contributed by atoms with van der Waals surface area (Å²) in [5.74, 6) is 0.406. The van der Waals surface area contributed by atoms with Crippen molar-refractivity contribution >= 4 is 17.5 Å². The van der Waals surface area contributed by atoms with E-state index in [0.29, 0.717) is 43.1 Å². The van der Waals surface area contributed by atoms with E-state index in [-0.39, 0.29) is 29.9 Å². The van der Waals surface area contributed by atoms with Crippen LogP contribution in [-0.2, 0) is 16.1 Å². The quantitative estimate of drug-likeness (QED) is 0.674. The largest absolute Gasteiger partial charge is 0.491 e. The predicted molar refractivity (Wildman–Crippen MR) is 134 cm³/mol. The minimum Gasteiger partial charge on any atom is -0.491 e. The van der Waals surface area contributed by atoms with Crippen molar-refractivity contribution < 1.29 is 19.1 Å². The Balaban J connectivity index is 1.92. The number of methoxy groups -OCH3 is 1. The van der Waals surface area contributed by atoms with Gasteiger partial charge in [0.25, 0.3) is 5.91 Å². The van der Waals surface area contributed by atoms with Crippen LogP contribution in [-0.4, -0.2) is 77.6 Å². The van der Waals surface area contributed by atoms with E-state index in [0.717, 1.165) is 18.5 Å². The van der Waals surface area contributed by atoms with Crippen LogP contribution in [0.5, 0.6) is 5.75 Å². The maximum Gasteiger partial charge on any atom is 0.257 e. The van der Waals surface area contributed by atoms with Gasteiger partial charge in [-0.1, -0.05) is 13.8 Å². The number of fused-ring (bicyclic) bond motifs is 1. The summed E-state index contributed by atoms with van der Waals surface area (Å²) in [6.07, 6.45) is 6.23. The first-order valence-electron chi connectivity index (χ1n) is 12.1. The maximum atomic E-state index is 13.3. The zero-order valence-electron chi connectivity index (χ0n) is 21.4. The molecule has 1 N–H and O–H groups in total. The van der Waals surface area contributed by atoms with Gasteiger partial charge in [0.1, 0.15) is 18.7 Å². The molecule has 3 rings (SSSR count). The van der Waals surface area contributed by atoms with Crippen LogP contribution < -0.4 is 10.1 Å². The number of likely N-dealkylation sites (N-methyl/N-ethyl adjacent to an activating group) is 1. The summed E-state index contributed by atoms with van der Waals surface area (Å²) >= 11 is 0. The second-order valence-corrected chi connectivity index (χ2v) is 9.28. The Hall–Kier alpha value is -3.04. The smallest absolute Gasteiger partial charge is 0.257 e. The van der Waals surface area contributed by atoms with Crippen LogP contribution in [0.25, 0.3) is 0 Å². The van der Waals surface area contributed by atoms with E-state index >= 15 is 0 Å². The molecule has 9 nitrogen and oxygen atoms in total. The molecule has 0 radical (unpaired) electrons. The van der Waals surface area contributed by atoms with E-state index in [9.17, 15) is 9.59 Å². The molecular weight excluding hydrogens is 446 g/mol. The molecule has 1 aromatic carbocycles. The minimum atomic E-state index is -0.146. The summed E-state index contributed by atoms with van der Waals surface area (Å²) in [5.41, 5.74) is 2.08. The van der Waals surface area contributed by atoms with Crippen molar-refractivity contribution in [3.63, 3.8) is 0 Å². The molecular formula is C26H37N5O4. The highest BCUT2D eigenvalue weighted by Gasteiger charge is 2.28. The number of amides is 2. The Morgan fingerprint density at radius 1 is 1.23 bits per heavy atom. The second kappa shape index (κ2) is 12.6. The Morgan fingerprint density at radius 3 is 2.66 bits per heavy atom. The van der Waals surface area contributed by atoms with Crippen molar-refractivity contribution in [1.29, 1.82) is 0 Å². The number of nitrogens with zero attached hydrogens (tertiary/aromatic N) is 4. The summed E-state index contributed by atoms with van der Waals surface area (Å²) < 4.78 is 12.0. The van der Waals surface area contributed by atoms with Crippen molar-refractivity contribution in [2.75, 3.05) is 39.2 Å². The van der Waals surface area contributed by atoms with E-state index in [1.54, 1.807) is 37.3 Å². The van der Waals surface area contributed by atoms with Gasteiger partial charge in [-0.3, -0.25) is 14.5 Å². The van der Waals surface area contributed by atoms with Gasteiger partial charge in [-0.15, -0.1) is 0 Å². The number of carbonyl (C=O) groups is 2. The first-order valence-corrected chi connectivity index (χ1v) is 12.1. The third-order valence-corrected chi connectivity index (χ3v) is 6.34. The molecule has 190 valence electrons. The van der Waals surface area contributed by atoms with Gasteiger partial charge in [-0.05, 0) is 31.4 Å². The number of rotatable bonds is 6. The fourth-order valence-corrected chi connectivity index (χ4v) is 4.24. The van der Waals surface area contributed by atoms with Gasteiger partial charge < -0.3 is 19.7 Å². The van der Waals surface area contributed by atoms with E-state index in [2.05, 4.69) is 34.0 Å². The van der Waals surface area contributed by atoms with Crippen molar-refractivity contribution in [3.05, 3.63) is 48.0 Å². The topological polar surface area (TPSA) is 96.9 Å². The van der Waals surface area contributed by atoms with Gasteiger partial charge in [-0.2, -0.15) is 0 Å². The van der Waals surface area contributed by atoms with E-state index in [1.165, 1.54) is 6.33 Å². The number of carbonyl (C=O) groups excluding carboxylic acids is 2. The second-order valence-electron chi connectivity index (χ2n) is 9.28. The van der Waals surface area contributed by atoms with Crippen molar-refractivity contribution in [2.45, 2.75) is 52.3 Å². The zero-order valence-corrected chi connectivity index (χ0v) is 21.4. The normalized spacial score (nSPS) is 21.9. The summed E-state index contributed by atoms with van der Waals surface area (Å²) in [6.45, 7) is 8.43. The molecule has 1 aliphatic rings. The highest BCUT2D eigenvalue weighted by molar-refractivity contribution is 5.98. The summed E-state index contributed by atoms with van der Waals surface area (Å²) in [6, 6.07) is 5.23. The number of hydrogen-bond acceptors (Lipinski definition) is 7. The fraction of sp³-hybridized carbons (Fsp3) is 0.538. The van der Waals surface area contributed by atoms with Crippen molar-refractivity contribution in [1.82, 2.24) is 19.8 Å². The molecule has 9 heteroatoms. The van der Waals surface area contributed by atoms with E-state index < -0.39 is 0 Å². The number of aromatic nitrogens is 2. The maximum absolute atomic E-state index is 13.3. The summed E-state index contributed by atoms with van der Waals surface area (Å²) in [7, 11) is 3.46. The molecule has 0 spiro atoms. The summed E-state index contributed by atoms with van der Waals surface area (Å²) in [5, 5.41) is 2.89. The first kappa shape index (κ1) is 26.6. The highest BCUT2D eigenvalue weighted by atomic mass is 16.5. The average molecular weight is 484 g/mol. The summed E-state index contributed by atoms with van der Waals surface area (Å²) in [4.78, 5) is 37.7. The van der Waals surface area contributed by atoms with Crippen LogP contribution in [0.1, 0.15) is 49.5 Å². The number of hydrogen-bond donors (Lipinski definition) is 1. The molecule has 1 aliphatic heterocycles. The van der Waals surface area contributed by atoms with Crippen molar-refractivity contribution in [2.24, 2.45) is 5.92 Å². The highest BCUT2D eigenvalue weighted by Crippen LogP contribution is 2.27. The molecule has 0 bridgehead atoms. The Kier molecular flexibility index (Phi) is 9.56. The molecule has 2 amide bonds. The average Bonchev–Trinajstić information content (AvgIpc) is 2.85. The van der Waals surface area contributed by atoms with Crippen LogP contribution in [0.3, 0.4) is 0 Å². The van der Waals surface area contributed by atoms with Crippen LogP contribution >= 0.6 is 0 Å². The Morgan fingerprint density at radius 2 is 1.97 bits per heavy atom. The van der Waals surface area contributed by atoms with E-state index in [4.69, 9.17) is 9.47 Å². The van der Waals surface area contributed by atoms with E-state index in [1.807, 2.05) is 19.3 Å². The predicted octanol–water partition coefficient (Wildman–Crippen LogP) is 3.22. The third-order valence-electron chi connectivity index (χ3n) is 6.34. The standard InChI is InChI=1S/C26H37N5O4/c1-6-7-25(32)29-21-8-9-22-23(10-21)35-16-19(3)31(14-20-11-27-17-28-12-20)13-18(2)24(34-5)15-30(4)26(22)33/h8-12,17-19,24H,6-7,13-16H2,1-5H3,(H,29,32)/t18-,19+,24+/m1/s1. The van der Waals surface area contributed by atoms with Gasteiger partial charge in [0.15, 0.2) is 0 Å². The number of ether oxygens (including phenoxy) is 2.